The first-order valence-electron chi connectivity index (χ1n) is 14.9. The van der Waals surface area contributed by atoms with Crippen molar-refractivity contribution in [3.05, 3.63) is 83.2 Å². The molecule has 1 aliphatic heterocycles. The number of fused-ring (bicyclic) bond motifs is 1. The molecule has 0 radical (unpaired) electrons. The van der Waals surface area contributed by atoms with E-state index in [1.807, 2.05) is 40.9 Å². The number of nitrogens with zero attached hydrogens (tertiary/aromatic N) is 5. The lowest BCUT2D eigenvalue weighted by Crippen LogP contribution is -2.39. The topological polar surface area (TPSA) is 100 Å². The number of thiol groups is 1. The number of hydrogen-bond acceptors (Lipinski definition) is 7. The van der Waals surface area contributed by atoms with Gasteiger partial charge < -0.3 is 20.1 Å². The Morgan fingerprint density at radius 3 is 2.65 bits per heavy atom. The number of primary amides is 1. The van der Waals surface area contributed by atoms with Crippen molar-refractivity contribution in [1.29, 1.82) is 0 Å². The van der Waals surface area contributed by atoms with Crippen molar-refractivity contribution in [3.8, 4) is 28.3 Å². The van der Waals surface area contributed by atoms with Gasteiger partial charge in [-0.1, -0.05) is 23.7 Å². The molecular formula is C33H33ClF2N6O3S. The Morgan fingerprint density at radius 2 is 1.96 bits per heavy atom. The summed E-state index contributed by atoms with van der Waals surface area (Å²) in [4.78, 5) is 19.3. The molecule has 1 fully saturated rings. The Hall–Kier alpha value is -4.13. The molecule has 1 amide bonds. The molecular weight excluding hydrogens is 634 g/mol. The number of ether oxygens (including phenoxy) is 2. The average molecular weight is 667 g/mol. The van der Waals surface area contributed by atoms with Crippen LogP contribution in [-0.4, -0.2) is 62.6 Å². The average Bonchev–Trinajstić information content (AvgIpc) is 3.67. The molecule has 0 unspecified atom stereocenters. The number of rotatable bonds is 10. The van der Waals surface area contributed by atoms with Crippen LogP contribution in [-0.2, 0) is 7.05 Å². The highest BCUT2D eigenvalue weighted by atomic mass is 35.5. The highest BCUT2D eigenvalue weighted by Gasteiger charge is 2.26. The lowest BCUT2D eigenvalue weighted by Gasteiger charge is -2.32. The summed E-state index contributed by atoms with van der Waals surface area (Å²) < 4.78 is 43.6. The zero-order valence-electron chi connectivity index (χ0n) is 25.3. The number of imidazole rings is 1. The second kappa shape index (κ2) is 13.3. The predicted octanol–water partition coefficient (Wildman–Crippen LogP) is 6.56. The Kier molecular flexibility index (Phi) is 9.21. The van der Waals surface area contributed by atoms with Gasteiger partial charge in [0.05, 0.1) is 38.4 Å². The van der Waals surface area contributed by atoms with Crippen molar-refractivity contribution in [3.63, 3.8) is 0 Å². The highest BCUT2D eigenvalue weighted by molar-refractivity contribution is 7.80. The number of benzene rings is 3. The summed E-state index contributed by atoms with van der Waals surface area (Å²) in [7, 11) is 1.86. The lowest BCUT2D eigenvalue weighted by atomic mass is 10.1. The van der Waals surface area contributed by atoms with Crippen molar-refractivity contribution in [1.82, 2.24) is 24.2 Å². The molecule has 0 bridgehead atoms. The third-order valence-electron chi connectivity index (χ3n) is 8.23. The molecule has 5 aromatic rings. The minimum atomic E-state index is -0.690. The zero-order valence-corrected chi connectivity index (χ0v) is 26.9. The van der Waals surface area contributed by atoms with Crippen LogP contribution in [0.3, 0.4) is 0 Å². The van der Waals surface area contributed by atoms with Gasteiger partial charge in [0.1, 0.15) is 31.0 Å². The molecule has 0 aliphatic carbocycles. The number of halogens is 3. The summed E-state index contributed by atoms with van der Waals surface area (Å²) >= 11 is 11.3. The van der Waals surface area contributed by atoms with Crippen LogP contribution in [0.15, 0.2) is 66.1 Å². The summed E-state index contributed by atoms with van der Waals surface area (Å²) in [6.07, 6.45) is 5.69. The van der Waals surface area contributed by atoms with E-state index in [1.54, 1.807) is 42.3 Å². The molecule has 1 atom stereocenters. The maximum absolute atomic E-state index is 15.0. The molecule has 13 heteroatoms. The fourth-order valence-corrected chi connectivity index (χ4v) is 6.38. The number of piperidine rings is 1. The van der Waals surface area contributed by atoms with Crippen molar-refractivity contribution in [2.75, 3.05) is 26.3 Å². The number of alkyl halides is 1. The zero-order chi connectivity index (χ0) is 32.5. The van der Waals surface area contributed by atoms with E-state index in [0.29, 0.717) is 43.7 Å². The Bertz CT molecular complexity index is 1910. The third kappa shape index (κ3) is 6.42. The maximum Gasteiger partial charge on any atom is 0.250 e. The molecule has 9 nitrogen and oxygen atoms in total. The van der Waals surface area contributed by atoms with Crippen LogP contribution in [0, 0.1) is 5.82 Å². The monoisotopic (exact) mass is 666 g/mol. The number of amides is 1. The summed E-state index contributed by atoms with van der Waals surface area (Å²) in [6, 6.07) is 12.1. The van der Waals surface area contributed by atoms with E-state index < -0.39 is 24.5 Å². The second-order valence-electron chi connectivity index (χ2n) is 11.3. The third-order valence-corrected chi connectivity index (χ3v) is 9.08. The molecule has 0 saturated carbocycles. The summed E-state index contributed by atoms with van der Waals surface area (Å²) in [5, 5.41) is 4.34. The summed E-state index contributed by atoms with van der Waals surface area (Å²) in [5.74, 6) is -1.04. The van der Waals surface area contributed by atoms with Crippen LogP contribution in [0.25, 0.3) is 27.8 Å². The fraction of sp³-hybridized carbons (Fsp3) is 0.303. The van der Waals surface area contributed by atoms with Gasteiger partial charge in [-0.05, 0) is 49.6 Å². The van der Waals surface area contributed by atoms with E-state index >= 15 is 0 Å². The van der Waals surface area contributed by atoms with E-state index in [0.717, 1.165) is 22.2 Å². The minimum absolute atomic E-state index is 0.0493. The molecule has 3 heterocycles. The van der Waals surface area contributed by atoms with Gasteiger partial charge in [0.15, 0.2) is 11.6 Å². The number of carbonyl (C=O) groups excluding carboxylic acids is 1. The summed E-state index contributed by atoms with van der Waals surface area (Å²) in [5.41, 5.74) is 10.4. The molecule has 1 saturated heterocycles. The van der Waals surface area contributed by atoms with E-state index in [1.165, 1.54) is 6.07 Å². The van der Waals surface area contributed by atoms with Gasteiger partial charge in [0, 0.05) is 50.1 Å². The maximum atomic E-state index is 15.0. The van der Waals surface area contributed by atoms with Crippen molar-refractivity contribution < 1.29 is 23.0 Å². The minimum Gasteiger partial charge on any atom is -0.486 e. The standard InChI is InChI=1S/C33H33ClF2N6O3S/c1-19(24-4-5-26(36)31(30(24)34)45-23-7-10-41(11-8-23)12-9-35)44-29-15-22(14-25(32(29)46)33(37)43)42-18-38-27-13-20(3-6-28(27)42)21-16-39-40(2)17-21/h3-6,13-19,23,46H,7-12H2,1-2H3,(H2,37,43)/t19-/m1/s1. The molecule has 240 valence electrons. The van der Waals surface area contributed by atoms with Crippen molar-refractivity contribution in [2.45, 2.75) is 36.9 Å². The van der Waals surface area contributed by atoms with Crippen LogP contribution >= 0.6 is 24.2 Å². The first kappa shape index (κ1) is 31.8. The number of nitrogens with two attached hydrogens (primary N) is 1. The van der Waals surface area contributed by atoms with Crippen LogP contribution in [0.1, 0.15) is 41.8 Å². The SMILES string of the molecule is C[C@@H](Oc1cc(-n2cnc3cc(-c4cnn(C)c4)ccc32)cc(C(N)=O)c1S)c1ccc(F)c(OC2CCN(CCF)CC2)c1Cl. The molecule has 0 spiro atoms. The van der Waals surface area contributed by atoms with Crippen LogP contribution < -0.4 is 15.2 Å². The normalized spacial score (nSPS) is 14.9. The van der Waals surface area contributed by atoms with Gasteiger partial charge in [-0.15, -0.1) is 12.6 Å². The van der Waals surface area contributed by atoms with Gasteiger partial charge in [0.2, 0.25) is 5.91 Å². The number of likely N-dealkylation sites (tertiary alicyclic amines) is 1. The fourth-order valence-electron chi connectivity index (χ4n) is 5.74. The van der Waals surface area contributed by atoms with Gasteiger partial charge in [0.25, 0.3) is 0 Å². The number of carbonyl (C=O) groups is 1. The molecule has 2 N–H and O–H groups in total. The van der Waals surface area contributed by atoms with Gasteiger partial charge in [-0.3, -0.25) is 14.0 Å². The van der Waals surface area contributed by atoms with E-state index in [2.05, 4.69) is 22.7 Å². The van der Waals surface area contributed by atoms with E-state index in [4.69, 9.17) is 26.8 Å². The number of hydrogen-bond donors (Lipinski definition) is 2. The Morgan fingerprint density at radius 1 is 1.17 bits per heavy atom. The smallest absolute Gasteiger partial charge is 0.250 e. The van der Waals surface area contributed by atoms with Crippen molar-refractivity contribution in [2.24, 2.45) is 12.8 Å². The second-order valence-corrected chi connectivity index (χ2v) is 12.1. The first-order chi connectivity index (χ1) is 22.1. The van der Waals surface area contributed by atoms with Crippen molar-refractivity contribution >= 4 is 41.2 Å². The van der Waals surface area contributed by atoms with Gasteiger partial charge in [-0.25, -0.2) is 13.8 Å². The van der Waals surface area contributed by atoms with E-state index in [9.17, 15) is 13.6 Å². The number of aryl methyl sites for hydroxylation is 1. The quantitative estimate of drug-likeness (QED) is 0.164. The van der Waals surface area contributed by atoms with Crippen LogP contribution in [0.5, 0.6) is 11.5 Å². The van der Waals surface area contributed by atoms with Gasteiger partial charge in [-0.2, -0.15) is 5.10 Å². The molecule has 2 aromatic heterocycles. The molecule has 46 heavy (non-hydrogen) atoms. The Labute approximate surface area is 275 Å². The number of aromatic nitrogens is 4. The lowest BCUT2D eigenvalue weighted by molar-refractivity contribution is 0.0934. The molecule has 3 aromatic carbocycles. The predicted molar refractivity (Wildman–Crippen MR) is 176 cm³/mol. The first-order valence-corrected chi connectivity index (χ1v) is 15.7. The summed E-state index contributed by atoms with van der Waals surface area (Å²) in [6.45, 7) is 3.05. The van der Waals surface area contributed by atoms with Crippen LogP contribution in [0.2, 0.25) is 5.02 Å². The molecule has 6 rings (SSSR count). The van der Waals surface area contributed by atoms with Gasteiger partial charge >= 0.3 is 0 Å². The largest absolute Gasteiger partial charge is 0.486 e. The van der Waals surface area contributed by atoms with Crippen LogP contribution in [0.4, 0.5) is 8.78 Å². The highest BCUT2D eigenvalue weighted by Crippen LogP contribution is 2.40. The Balaban J connectivity index is 1.28. The molecule has 1 aliphatic rings. The van der Waals surface area contributed by atoms with E-state index in [-0.39, 0.29) is 33.1 Å².